The number of hydrogen-bond acceptors (Lipinski definition) is 2. The number of halogens is 1. The molecule has 0 aliphatic heterocycles. The van der Waals surface area contributed by atoms with Gasteiger partial charge in [0, 0.05) is 6.54 Å². The molecule has 3 nitrogen and oxygen atoms in total. The Balaban J connectivity index is 2.38. The van der Waals surface area contributed by atoms with Crippen LogP contribution in [-0.4, -0.2) is 30.7 Å². The maximum atomic E-state index is 11.1. The van der Waals surface area contributed by atoms with Crippen LogP contribution in [0.3, 0.4) is 0 Å². The molecule has 0 aromatic rings. The van der Waals surface area contributed by atoms with Gasteiger partial charge in [-0.1, -0.05) is 12.2 Å². The first-order valence-corrected chi connectivity index (χ1v) is 4.87. The van der Waals surface area contributed by atoms with Crippen LogP contribution in [0.4, 0.5) is 4.79 Å². The Morgan fingerprint density at radius 1 is 1.77 bits per heavy atom. The highest BCUT2D eigenvalue weighted by Crippen LogP contribution is 2.18. The fraction of sp³-hybridized carbons (Fsp3) is 0.667. The lowest BCUT2D eigenvalue weighted by molar-refractivity contribution is 0.126. The molecular weight excluding hydrogens is 190 g/mol. The third-order valence-corrected chi connectivity index (χ3v) is 2.43. The van der Waals surface area contributed by atoms with Crippen LogP contribution in [0, 0.1) is 5.92 Å². The third-order valence-electron chi connectivity index (χ3n) is 2.14. The molecule has 1 rings (SSSR count). The molecular formula is C9H14ClNO2. The van der Waals surface area contributed by atoms with Crippen molar-refractivity contribution in [1.82, 2.24) is 4.90 Å². The minimum absolute atomic E-state index is 0.191. The van der Waals surface area contributed by atoms with E-state index in [2.05, 4.69) is 16.9 Å². The maximum absolute atomic E-state index is 11.1. The van der Waals surface area contributed by atoms with Crippen molar-refractivity contribution in [3.05, 3.63) is 12.2 Å². The first-order chi connectivity index (χ1) is 6.27. The lowest BCUT2D eigenvalue weighted by Gasteiger charge is -2.20. The third kappa shape index (κ3) is 2.92. The molecule has 0 saturated carbocycles. The number of allylic oxidation sites excluding steroid dienone is 1. The lowest BCUT2D eigenvalue weighted by Crippen LogP contribution is -2.33. The second-order valence-electron chi connectivity index (χ2n) is 3.08. The van der Waals surface area contributed by atoms with Crippen molar-refractivity contribution < 1.29 is 9.53 Å². The quantitative estimate of drug-likeness (QED) is 0.400. The smallest absolute Gasteiger partial charge is 0.410 e. The van der Waals surface area contributed by atoms with E-state index in [1.165, 1.54) is 12.0 Å². The Hall–Kier alpha value is -0.700. The Kier molecular flexibility index (Phi) is 4.09. The van der Waals surface area contributed by atoms with Gasteiger partial charge in [0.1, 0.15) is 0 Å². The zero-order valence-corrected chi connectivity index (χ0v) is 8.46. The highest BCUT2D eigenvalue weighted by molar-refractivity contribution is 6.18. The monoisotopic (exact) mass is 203 g/mol. The molecule has 4 heteroatoms. The van der Waals surface area contributed by atoms with Gasteiger partial charge in [0.25, 0.3) is 0 Å². The van der Waals surface area contributed by atoms with Crippen LogP contribution in [-0.2, 0) is 4.74 Å². The summed E-state index contributed by atoms with van der Waals surface area (Å²) in [6, 6.07) is 0.191. The molecule has 1 unspecified atom stereocenters. The van der Waals surface area contributed by atoms with Crippen molar-refractivity contribution in [3.63, 3.8) is 0 Å². The predicted octanol–water partition coefficient (Wildman–Crippen LogP) is 2.22. The van der Waals surface area contributed by atoms with E-state index in [9.17, 15) is 4.79 Å². The zero-order valence-electron chi connectivity index (χ0n) is 7.70. The molecule has 74 valence electrons. The van der Waals surface area contributed by atoms with Gasteiger partial charge >= 0.3 is 6.09 Å². The topological polar surface area (TPSA) is 29.5 Å². The first kappa shape index (κ1) is 10.4. The number of rotatable bonds is 3. The molecule has 1 atom stereocenters. The number of nitrogens with zero attached hydrogens (tertiary/aromatic N) is 1. The van der Waals surface area contributed by atoms with E-state index in [1.807, 2.05) is 0 Å². The molecule has 0 fully saturated rings. The summed E-state index contributed by atoms with van der Waals surface area (Å²) in [5.41, 5.74) is 0. The molecule has 0 bridgehead atoms. The van der Waals surface area contributed by atoms with Crippen molar-refractivity contribution in [3.8, 4) is 0 Å². The van der Waals surface area contributed by atoms with Gasteiger partial charge in [0.15, 0.2) is 0 Å². The lowest BCUT2D eigenvalue weighted by atomic mass is 10.1. The number of ether oxygens (including phenoxy) is 1. The summed E-state index contributed by atoms with van der Waals surface area (Å²) >= 11 is 5.62. The normalized spacial score (nSPS) is 20.3. The van der Waals surface area contributed by atoms with Crippen molar-refractivity contribution in [2.24, 2.45) is 5.92 Å². The van der Waals surface area contributed by atoms with E-state index in [0.717, 1.165) is 12.8 Å². The molecule has 1 aliphatic carbocycles. The van der Waals surface area contributed by atoms with Gasteiger partial charge in [0.2, 0.25) is 0 Å². The molecule has 13 heavy (non-hydrogen) atoms. The molecule has 0 aromatic carbocycles. The van der Waals surface area contributed by atoms with E-state index in [0.29, 0.717) is 12.5 Å². The summed E-state index contributed by atoms with van der Waals surface area (Å²) in [7, 11) is 1.37. The van der Waals surface area contributed by atoms with Crippen molar-refractivity contribution in [2.45, 2.75) is 12.8 Å². The van der Waals surface area contributed by atoms with Gasteiger partial charge in [0.05, 0.1) is 13.1 Å². The van der Waals surface area contributed by atoms with E-state index in [1.54, 1.807) is 0 Å². The molecule has 1 aliphatic rings. The van der Waals surface area contributed by atoms with E-state index in [-0.39, 0.29) is 12.1 Å². The minimum Gasteiger partial charge on any atom is -0.453 e. The summed E-state index contributed by atoms with van der Waals surface area (Å²) in [4.78, 5) is 12.6. The van der Waals surface area contributed by atoms with Crippen LogP contribution < -0.4 is 0 Å². The fourth-order valence-corrected chi connectivity index (χ4v) is 1.63. The van der Waals surface area contributed by atoms with Crippen molar-refractivity contribution in [1.29, 1.82) is 0 Å². The SMILES string of the molecule is COC(=O)N(CCl)CC1C=CCC1. The Morgan fingerprint density at radius 2 is 2.54 bits per heavy atom. The van der Waals surface area contributed by atoms with E-state index < -0.39 is 0 Å². The van der Waals surface area contributed by atoms with E-state index >= 15 is 0 Å². The van der Waals surface area contributed by atoms with Crippen LogP contribution >= 0.6 is 11.6 Å². The number of amides is 1. The first-order valence-electron chi connectivity index (χ1n) is 4.33. The predicted molar refractivity (Wildman–Crippen MR) is 51.7 cm³/mol. The number of alkyl halides is 1. The van der Waals surface area contributed by atoms with Crippen LogP contribution in [0.15, 0.2) is 12.2 Å². The van der Waals surface area contributed by atoms with Gasteiger partial charge in [-0.2, -0.15) is 0 Å². The van der Waals surface area contributed by atoms with Crippen LogP contribution in [0.25, 0.3) is 0 Å². The maximum Gasteiger partial charge on any atom is 0.410 e. The van der Waals surface area contributed by atoms with Crippen molar-refractivity contribution >= 4 is 17.7 Å². The van der Waals surface area contributed by atoms with Crippen molar-refractivity contribution in [2.75, 3.05) is 19.7 Å². The molecule has 0 N–H and O–H groups in total. The summed E-state index contributed by atoms with van der Waals surface area (Å²) in [6.07, 6.45) is 6.11. The standard InChI is InChI=1S/C9H14ClNO2/c1-13-9(12)11(7-10)6-8-4-2-3-5-8/h2,4,8H,3,5-7H2,1H3. The summed E-state index contributed by atoms with van der Waals surface area (Å²) in [5, 5.41) is 0. The second-order valence-corrected chi connectivity index (χ2v) is 3.32. The number of methoxy groups -OCH3 is 1. The van der Waals surface area contributed by atoms with Gasteiger partial charge < -0.3 is 4.74 Å². The number of hydrogen-bond donors (Lipinski definition) is 0. The Labute approximate surface area is 83.3 Å². The number of carbonyl (C=O) groups is 1. The van der Waals surface area contributed by atoms with Gasteiger partial charge in [-0.05, 0) is 18.8 Å². The number of carbonyl (C=O) groups excluding carboxylic acids is 1. The fourth-order valence-electron chi connectivity index (χ4n) is 1.43. The summed E-state index contributed by atoms with van der Waals surface area (Å²) in [5.74, 6) is 0.442. The highest BCUT2D eigenvalue weighted by atomic mass is 35.5. The zero-order chi connectivity index (χ0) is 9.68. The molecule has 0 heterocycles. The van der Waals surface area contributed by atoms with Gasteiger partial charge in [-0.3, -0.25) is 4.90 Å². The highest BCUT2D eigenvalue weighted by Gasteiger charge is 2.18. The molecule has 0 saturated heterocycles. The second kappa shape index (κ2) is 5.12. The molecule has 1 amide bonds. The Morgan fingerprint density at radius 3 is 3.00 bits per heavy atom. The minimum atomic E-state index is -0.352. The molecule has 0 radical (unpaired) electrons. The van der Waals surface area contributed by atoms with Gasteiger partial charge in [-0.15, -0.1) is 11.6 Å². The average molecular weight is 204 g/mol. The largest absolute Gasteiger partial charge is 0.453 e. The summed E-state index contributed by atoms with van der Waals surface area (Å²) < 4.78 is 4.59. The average Bonchev–Trinajstić information content (AvgIpc) is 2.65. The van der Waals surface area contributed by atoms with Crippen LogP contribution in [0.5, 0.6) is 0 Å². The Bertz CT molecular complexity index is 206. The van der Waals surface area contributed by atoms with E-state index in [4.69, 9.17) is 11.6 Å². The summed E-state index contributed by atoms with van der Waals surface area (Å²) in [6.45, 7) is 0.659. The van der Waals surface area contributed by atoms with Gasteiger partial charge in [-0.25, -0.2) is 4.79 Å². The molecule has 0 spiro atoms. The van der Waals surface area contributed by atoms with Crippen LogP contribution in [0.2, 0.25) is 0 Å². The van der Waals surface area contributed by atoms with Crippen LogP contribution in [0.1, 0.15) is 12.8 Å². The molecule has 0 aromatic heterocycles.